The average molecular weight is 399 g/mol. The van der Waals surface area contributed by atoms with E-state index in [2.05, 4.69) is 5.32 Å². The Kier molecular flexibility index (Phi) is 4.73. The number of carbonyl (C=O) groups is 2. The minimum atomic E-state index is -3.77. The van der Waals surface area contributed by atoms with Gasteiger partial charge in [0.25, 0.3) is 5.91 Å². The predicted molar refractivity (Wildman–Crippen MR) is 96.7 cm³/mol. The molecule has 1 saturated heterocycles. The van der Waals surface area contributed by atoms with Gasteiger partial charge >= 0.3 is 0 Å². The van der Waals surface area contributed by atoms with Gasteiger partial charge in [0.1, 0.15) is 0 Å². The van der Waals surface area contributed by atoms with Gasteiger partial charge in [-0.1, -0.05) is 29.3 Å². The van der Waals surface area contributed by atoms with E-state index in [0.717, 1.165) is 0 Å². The second kappa shape index (κ2) is 6.67. The van der Waals surface area contributed by atoms with Crippen LogP contribution in [0.25, 0.3) is 0 Å². The van der Waals surface area contributed by atoms with Crippen molar-refractivity contribution in [1.29, 1.82) is 0 Å². The SMILES string of the molecule is O=C(Nc1cccc(Cl)c1)c1ccc(Cl)c(N2C(=O)CCS2(=O)=O)c1. The van der Waals surface area contributed by atoms with Gasteiger partial charge in [0.2, 0.25) is 15.9 Å². The summed E-state index contributed by atoms with van der Waals surface area (Å²) in [5, 5.41) is 3.18. The average Bonchev–Trinajstić information content (AvgIpc) is 2.81. The summed E-state index contributed by atoms with van der Waals surface area (Å²) in [6.07, 6.45) is -0.113. The topological polar surface area (TPSA) is 83.6 Å². The molecule has 0 unspecified atom stereocenters. The van der Waals surface area contributed by atoms with E-state index in [1.807, 2.05) is 0 Å². The summed E-state index contributed by atoms with van der Waals surface area (Å²) in [5.74, 6) is -1.33. The molecule has 1 heterocycles. The summed E-state index contributed by atoms with van der Waals surface area (Å²) in [6.45, 7) is 0. The fraction of sp³-hybridized carbons (Fsp3) is 0.125. The Morgan fingerprint density at radius 1 is 1.12 bits per heavy atom. The van der Waals surface area contributed by atoms with Crippen LogP contribution in [0.2, 0.25) is 10.0 Å². The number of hydrogen-bond donors (Lipinski definition) is 1. The van der Waals surface area contributed by atoms with Crippen molar-refractivity contribution < 1.29 is 18.0 Å². The van der Waals surface area contributed by atoms with Gasteiger partial charge in [-0.3, -0.25) is 9.59 Å². The fourth-order valence-electron chi connectivity index (χ4n) is 2.43. The van der Waals surface area contributed by atoms with E-state index in [9.17, 15) is 18.0 Å². The molecule has 3 rings (SSSR count). The Morgan fingerprint density at radius 3 is 2.52 bits per heavy atom. The van der Waals surface area contributed by atoms with Crippen molar-refractivity contribution in [3.63, 3.8) is 0 Å². The van der Waals surface area contributed by atoms with E-state index in [4.69, 9.17) is 23.2 Å². The highest BCUT2D eigenvalue weighted by molar-refractivity contribution is 7.94. The number of rotatable bonds is 3. The van der Waals surface area contributed by atoms with Crippen LogP contribution in [-0.4, -0.2) is 26.0 Å². The van der Waals surface area contributed by atoms with E-state index >= 15 is 0 Å². The second-order valence-corrected chi connectivity index (χ2v) is 8.14. The maximum atomic E-state index is 12.4. The molecule has 9 heteroatoms. The minimum absolute atomic E-state index is 0.0251. The Labute approximate surface area is 154 Å². The maximum Gasteiger partial charge on any atom is 0.255 e. The third-order valence-electron chi connectivity index (χ3n) is 3.59. The van der Waals surface area contributed by atoms with Crippen LogP contribution >= 0.6 is 23.2 Å². The molecule has 0 aliphatic carbocycles. The molecule has 130 valence electrons. The third kappa shape index (κ3) is 3.63. The van der Waals surface area contributed by atoms with Crippen LogP contribution in [-0.2, 0) is 14.8 Å². The number of hydrogen-bond acceptors (Lipinski definition) is 4. The van der Waals surface area contributed by atoms with Crippen molar-refractivity contribution in [2.45, 2.75) is 6.42 Å². The van der Waals surface area contributed by atoms with Crippen LogP contribution in [0.15, 0.2) is 42.5 Å². The van der Waals surface area contributed by atoms with Gasteiger partial charge in [-0.15, -0.1) is 0 Å². The smallest absolute Gasteiger partial charge is 0.255 e. The molecule has 2 aromatic rings. The first-order valence-electron chi connectivity index (χ1n) is 7.20. The Bertz CT molecular complexity index is 976. The molecule has 1 fully saturated rings. The number of nitrogens with one attached hydrogen (secondary N) is 1. The first kappa shape index (κ1) is 17.7. The lowest BCUT2D eigenvalue weighted by Gasteiger charge is -2.17. The summed E-state index contributed by atoms with van der Waals surface area (Å²) >= 11 is 11.9. The van der Waals surface area contributed by atoms with Crippen LogP contribution in [0, 0.1) is 0 Å². The van der Waals surface area contributed by atoms with Gasteiger partial charge in [0.05, 0.1) is 16.5 Å². The van der Waals surface area contributed by atoms with Crippen LogP contribution in [0.3, 0.4) is 0 Å². The number of anilines is 2. The number of nitrogens with zero attached hydrogens (tertiary/aromatic N) is 1. The molecule has 0 atom stereocenters. The molecule has 0 spiro atoms. The lowest BCUT2D eigenvalue weighted by molar-refractivity contribution is -0.116. The van der Waals surface area contributed by atoms with Gasteiger partial charge in [0.15, 0.2) is 0 Å². The number of sulfonamides is 1. The van der Waals surface area contributed by atoms with Crippen LogP contribution in [0.5, 0.6) is 0 Å². The Balaban J connectivity index is 1.94. The highest BCUT2D eigenvalue weighted by Crippen LogP contribution is 2.33. The number of carbonyl (C=O) groups excluding carboxylic acids is 2. The summed E-state index contributed by atoms with van der Waals surface area (Å²) in [7, 11) is -3.77. The van der Waals surface area contributed by atoms with Crippen LogP contribution < -0.4 is 9.62 Å². The largest absolute Gasteiger partial charge is 0.322 e. The number of amides is 2. The molecule has 1 N–H and O–H groups in total. The maximum absolute atomic E-state index is 12.4. The number of benzene rings is 2. The lowest BCUT2D eigenvalue weighted by Crippen LogP contribution is -2.29. The number of halogens is 2. The summed E-state index contributed by atoms with van der Waals surface area (Å²) < 4.78 is 24.8. The van der Waals surface area contributed by atoms with E-state index < -0.39 is 21.8 Å². The molecule has 1 aliphatic rings. The van der Waals surface area contributed by atoms with Crippen LogP contribution in [0.4, 0.5) is 11.4 Å². The molecular formula is C16H12Cl2N2O4S. The lowest BCUT2D eigenvalue weighted by atomic mass is 10.1. The van der Waals surface area contributed by atoms with Gasteiger partial charge in [-0.05, 0) is 36.4 Å². The quantitative estimate of drug-likeness (QED) is 0.859. The zero-order chi connectivity index (χ0) is 18.2. The van der Waals surface area contributed by atoms with Crippen molar-refractivity contribution >= 4 is 56.4 Å². The molecular weight excluding hydrogens is 387 g/mol. The minimum Gasteiger partial charge on any atom is -0.322 e. The molecule has 0 saturated carbocycles. The normalized spacial score (nSPS) is 16.1. The van der Waals surface area contributed by atoms with Gasteiger partial charge in [-0.25, -0.2) is 12.7 Å². The van der Waals surface area contributed by atoms with Crippen LogP contribution in [0.1, 0.15) is 16.8 Å². The van der Waals surface area contributed by atoms with E-state index in [0.29, 0.717) is 15.0 Å². The molecule has 2 amide bonds. The molecule has 1 aliphatic heterocycles. The summed E-state index contributed by atoms with van der Waals surface area (Å²) in [6, 6.07) is 10.7. The van der Waals surface area contributed by atoms with Crippen molar-refractivity contribution in [1.82, 2.24) is 0 Å². The van der Waals surface area contributed by atoms with Gasteiger partial charge < -0.3 is 5.32 Å². The molecule has 2 aromatic carbocycles. The zero-order valence-corrected chi connectivity index (χ0v) is 15.0. The first-order chi connectivity index (χ1) is 11.8. The monoisotopic (exact) mass is 398 g/mol. The molecule has 0 bridgehead atoms. The van der Waals surface area contributed by atoms with Gasteiger partial charge in [-0.2, -0.15) is 0 Å². The van der Waals surface area contributed by atoms with Crippen molar-refractivity contribution in [2.75, 3.05) is 15.4 Å². The third-order valence-corrected chi connectivity index (χ3v) is 5.82. The Morgan fingerprint density at radius 2 is 1.88 bits per heavy atom. The highest BCUT2D eigenvalue weighted by Gasteiger charge is 2.37. The molecule has 6 nitrogen and oxygen atoms in total. The van der Waals surface area contributed by atoms with E-state index in [-0.39, 0.29) is 28.4 Å². The predicted octanol–water partition coefficient (Wildman–Crippen LogP) is 3.31. The highest BCUT2D eigenvalue weighted by atomic mass is 35.5. The standard InChI is InChI=1S/C16H12Cl2N2O4S/c17-11-2-1-3-12(9-11)19-16(22)10-4-5-13(18)14(8-10)20-15(21)6-7-25(20,23)24/h1-5,8-9H,6-7H2,(H,19,22). The van der Waals surface area contributed by atoms with Crippen molar-refractivity contribution in [3.8, 4) is 0 Å². The van der Waals surface area contributed by atoms with Crippen molar-refractivity contribution in [3.05, 3.63) is 58.1 Å². The summed E-state index contributed by atoms with van der Waals surface area (Å²) in [4.78, 5) is 24.3. The van der Waals surface area contributed by atoms with Gasteiger partial charge in [0, 0.05) is 22.7 Å². The first-order valence-corrected chi connectivity index (χ1v) is 9.57. The molecule has 25 heavy (non-hydrogen) atoms. The van der Waals surface area contributed by atoms with E-state index in [1.165, 1.54) is 18.2 Å². The zero-order valence-electron chi connectivity index (χ0n) is 12.7. The Hall–Kier alpha value is -2.09. The fourth-order valence-corrected chi connectivity index (χ4v) is 4.34. The molecule has 0 aromatic heterocycles. The van der Waals surface area contributed by atoms with Crippen molar-refractivity contribution in [2.24, 2.45) is 0 Å². The summed E-state index contributed by atoms with van der Waals surface area (Å²) in [5.41, 5.74) is 0.621. The molecule has 0 radical (unpaired) electrons. The second-order valence-electron chi connectivity index (χ2n) is 5.35. The van der Waals surface area contributed by atoms with E-state index in [1.54, 1.807) is 24.3 Å².